The van der Waals surface area contributed by atoms with E-state index in [2.05, 4.69) is 20.4 Å². The van der Waals surface area contributed by atoms with Crippen LogP contribution in [0, 0.1) is 5.82 Å². The van der Waals surface area contributed by atoms with Gasteiger partial charge in [-0.15, -0.1) is 10.2 Å². The predicted octanol–water partition coefficient (Wildman–Crippen LogP) is 3.39. The highest BCUT2D eigenvalue weighted by atomic mass is 32.2. The van der Waals surface area contributed by atoms with Crippen molar-refractivity contribution in [3.05, 3.63) is 66.0 Å². The van der Waals surface area contributed by atoms with Crippen molar-refractivity contribution in [2.75, 3.05) is 26.4 Å². The van der Waals surface area contributed by atoms with Gasteiger partial charge in [-0.1, -0.05) is 54.2 Å². The molecule has 0 unspecified atom stereocenters. The Bertz CT molecular complexity index is 917. The zero-order valence-corrected chi connectivity index (χ0v) is 16.4. The van der Waals surface area contributed by atoms with Gasteiger partial charge < -0.3 is 14.6 Å². The first-order valence-electron chi connectivity index (χ1n) is 8.74. The molecule has 0 spiro atoms. The minimum absolute atomic E-state index is 0.0752. The van der Waals surface area contributed by atoms with Crippen LogP contribution in [0.4, 0.5) is 4.39 Å². The Morgan fingerprint density at radius 1 is 1.14 bits per heavy atom. The first-order valence-corrected chi connectivity index (χ1v) is 9.72. The van der Waals surface area contributed by atoms with Crippen LogP contribution in [0.2, 0.25) is 0 Å². The number of likely N-dealkylation sites (N-methyl/N-ethyl adjacent to an activating group) is 1. The molecule has 1 aromatic heterocycles. The molecule has 0 aliphatic carbocycles. The van der Waals surface area contributed by atoms with Crippen molar-refractivity contribution < 1.29 is 13.6 Å². The van der Waals surface area contributed by atoms with E-state index in [1.165, 1.54) is 6.07 Å². The Hall–Kier alpha value is -2.71. The number of amides is 1. The van der Waals surface area contributed by atoms with Crippen molar-refractivity contribution in [3.63, 3.8) is 0 Å². The number of halogens is 1. The number of nitrogens with zero attached hydrogens (tertiary/aromatic N) is 3. The quantitative estimate of drug-likeness (QED) is 0.585. The van der Waals surface area contributed by atoms with E-state index < -0.39 is 5.82 Å². The van der Waals surface area contributed by atoms with E-state index in [4.69, 9.17) is 4.42 Å². The van der Waals surface area contributed by atoms with Crippen LogP contribution in [0.3, 0.4) is 0 Å². The average molecular weight is 400 g/mol. The summed E-state index contributed by atoms with van der Waals surface area (Å²) >= 11 is 1.12. The molecule has 0 saturated carbocycles. The number of aromatic nitrogens is 2. The fourth-order valence-corrected chi connectivity index (χ4v) is 3.27. The molecule has 0 bridgehead atoms. The number of nitrogens with one attached hydrogen (secondary N) is 1. The van der Waals surface area contributed by atoms with Gasteiger partial charge in [-0.25, -0.2) is 4.39 Å². The van der Waals surface area contributed by atoms with Gasteiger partial charge in [0.25, 0.3) is 11.1 Å². The molecule has 2 aromatic carbocycles. The second kappa shape index (κ2) is 9.48. The van der Waals surface area contributed by atoms with Gasteiger partial charge in [0.15, 0.2) is 0 Å². The maximum atomic E-state index is 13.8. The second-order valence-corrected chi connectivity index (χ2v) is 7.26. The minimum Gasteiger partial charge on any atom is -0.411 e. The average Bonchev–Trinajstić information content (AvgIpc) is 3.16. The number of carbonyl (C=O) groups excluding carboxylic acids is 1. The standard InChI is InChI=1S/C20H21FN4O2S/c1-25(2)17(14-8-4-3-5-9-14)12-22-18(26)13-28-20-24-23-19(27-20)15-10-6-7-11-16(15)21/h3-11,17H,12-13H2,1-2H3,(H,22,26)/t17-/m1/s1. The molecule has 0 saturated heterocycles. The molecule has 0 aliphatic heterocycles. The van der Waals surface area contributed by atoms with Crippen molar-refractivity contribution in [3.8, 4) is 11.5 Å². The maximum absolute atomic E-state index is 13.8. The molecule has 0 aliphatic rings. The van der Waals surface area contributed by atoms with E-state index >= 15 is 0 Å². The lowest BCUT2D eigenvalue weighted by atomic mass is 10.1. The van der Waals surface area contributed by atoms with E-state index in [1.54, 1.807) is 18.2 Å². The molecular weight excluding hydrogens is 379 g/mol. The minimum atomic E-state index is -0.434. The van der Waals surface area contributed by atoms with E-state index in [1.807, 2.05) is 44.4 Å². The Kier molecular flexibility index (Phi) is 6.78. The highest BCUT2D eigenvalue weighted by Crippen LogP contribution is 2.25. The van der Waals surface area contributed by atoms with Crippen molar-refractivity contribution in [2.45, 2.75) is 11.3 Å². The largest absolute Gasteiger partial charge is 0.411 e. The van der Waals surface area contributed by atoms with Crippen LogP contribution in [0.1, 0.15) is 11.6 Å². The summed E-state index contributed by atoms with van der Waals surface area (Å²) in [5.74, 6) is -0.347. The third kappa shape index (κ3) is 5.17. The molecule has 3 aromatic rings. The fourth-order valence-electron chi connectivity index (χ4n) is 2.67. The number of thioether (sulfide) groups is 1. The van der Waals surface area contributed by atoms with E-state index in [-0.39, 0.29) is 34.4 Å². The topological polar surface area (TPSA) is 71.3 Å². The summed E-state index contributed by atoms with van der Waals surface area (Å²) in [6.07, 6.45) is 0. The van der Waals surface area contributed by atoms with Gasteiger partial charge in [0.2, 0.25) is 5.91 Å². The number of carbonyl (C=O) groups is 1. The third-order valence-electron chi connectivity index (χ3n) is 4.14. The van der Waals surface area contributed by atoms with Gasteiger partial charge >= 0.3 is 0 Å². The fraction of sp³-hybridized carbons (Fsp3) is 0.250. The summed E-state index contributed by atoms with van der Waals surface area (Å²) in [6, 6.07) is 16.2. The molecule has 1 amide bonds. The van der Waals surface area contributed by atoms with Gasteiger partial charge in [-0.05, 0) is 31.8 Å². The van der Waals surface area contributed by atoms with Crippen molar-refractivity contribution in [1.82, 2.24) is 20.4 Å². The smallest absolute Gasteiger partial charge is 0.277 e. The van der Waals surface area contributed by atoms with Crippen LogP contribution < -0.4 is 5.32 Å². The van der Waals surface area contributed by atoms with Gasteiger partial charge in [0, 0.05) is 6.54 Å². The Morgan fingerprint density at radius 2 is 1.86 bits per heavy atom. The molecule has 8 heteroatoms. The van der Waals surface area contributed by atoms with Gasteiger partial charge in [-0.2, -0.15) is 0 Å². The molecular formula is C20H21FN4O2S. The van der Waals surface area contributed by atoms with Crippen LogP contribution >= 0.6 is 11.8 Å². The van der Waals surface area contributed by atoms with Gasteiger partial charge in [0.1, 0.15) is 5.82 Å². The molecule has 6 nitrogen and oxygen atoms in total. The summed E-state index contributed by atoms with van der Waals surface area (Å²) in [7, 11) is 3.95. The lowest BCUT2D eigenvalue weighted by Gasteiger charge is -2.25. The van der Waals surface area contributed by atoms with Gasteiger partial charge in [-0.3, -0.25) is 4.79 Å². The summed E-state index contributed by atoms with van der Waals surface area (Å²) in [5, 5.41) is 10.9. The molecule has 3 rings (SSSR count). The molecule has 1 heterocycles. The number of rotatable bonds is 8. The summed E-state index contributed by atoms with van der Waals surface area (Å²) in [5.41, 5.74) is 1.37. The Morgan fingerprint density at radius 3 is 2.57 bits per heavy atom. The normalized spacial score (nSPS) is 12.1. The summed E-state index contributed by atoms with van der Waals surface area (Å²) < 4.78 is 19.2. The van der Waals surface area contributed by atoms with Crippen LogP contribution in [-0.4, -0.2) is 47.4 Å². The number of benzene rings is 2. The zero-order valence-electron chi connectivity index (χ0n) is 15.6. The zero-order chi connectivity index (χ0) is 19.9. The van der Waals surface area contributed by atoms with Crippen molar-refractivity contribution >= 4 is 17.7 Å². The van der Waals surface area contributed by atoms with E-state index in [0.29, 0.717) is 6.54 Å². The number of hydrogen-bond donors (Lipinski definition) is 1. The third-order valence-corrected chi connectivity index (χ3v) is 4.96. The lowest BCUT2D eigenvalue weighted by molar-refractivity contribution is -0.118. The van der Waals surface area contributed by atoms with Crippen LogP contribution in [0.5, 0.6) is 0 Å². The molecule has 28 heavy (non-hydrogen) atoms. The summed E-state index contributed by atoms with van der Waals surface area (Å²) in [6.45, 7) is 0.487. The SMILES string of the molecule is CN(C)[C@H](CNC(=O)CSc1nnc(-c2ccccc2F)o1)c1ccccc1. The van der Waals surface area contributed by atoms with Crippen LogP contribution in [0.15, 0.2) is 64.2 Å². The van der Waals surface area contributed by atoms with Crippen LogP contribution in [-0.2, 0) is 4.79 Å². The first-order chi connectivity index (χ1) is 13.5. The maximum Gasteiger partial charge on any atom is 0.277 e. The molecule has 1 N–H and O–H groups in total. The Balaban J connectivity index is 1.53. The van der Waals surface area contributed by atoms with E-state index in [0.717, 1.165) is 17.3 Å². The monoisotopic (exact) mass is 400 g/mol. The van der Waals surface area contributed by atoms with Crippen molar-refractivity contribution in [2.24, 2.45) is 0 Å². The van der Waals surface area contributed by atoms with Crippen LogP contribution in [0.25, 0.3) is 11.5 Å². The predicted molar refractivity (Wildman–Crippen MR) is 106 cm³/mol. The van der Waals surface area contributed by atoms with E-state index in [9.17, 15) is 9.18 Å². The molecule has 0 radical (unpaired) electrons. The lowest BCUT2D eigenvalue weighted by Crippen LogP contribution is -2.35. The molecule has 146 valence electrons. The highest BCUT2D eigenvalue weighted by molar-refractivity contribution is 7.99. The Labute approximate surface area is 167 Å². The number of hydrogen-bond acceptors (Lipinski definition) is 6. The van der Waals surface area contributed by atoms with Gasteiger partial charge in [0.05, 0.1) is 17.4 Å². The summed E-state index contributed by atoms with van der Waals surface area (Å²) in [4.78, 5) is 14.3. The second-order valence-electron chi connectivity index (χ2n) is 6.34. The van der Waals surface area contributed by atoms with Crippen molar-refractivity contribution in [1.29, 1.82) is 0 Å². The first kappa shape index (κ1) is 20.0. The molecule has 0 fully saturated rings. The molecule has 1 atom stereocenters. The highest BCUT2D eigenvalue weighted by Gasteiger charge is 2.17.